The number of amides is 1. The van der Waals surface area contributed by atoms with Gasteiger partial charge in [-0.2, -0.15) is 0 Å². The quantitative estimate of drug-likeness (QED) is 0.352. The molecule has 1 aromatic rings. The number of carbonyl (C=O) groups excluding carboxylic acids is 1. The van der Waals surface area contributed by atoms with Crippen molar-refractivity contribution in [2.45, 2.75) is 36.9 Å². The number of benzene rings is 1. The first kappa shape index (κ1) is 24.1. The number of likely N-dealkylation sites (N-methyl/N-ethyl adjacent to an activating group) is 1. The number of sulfonamides is 1. The van der Waals surface area contributed by atoms with Crippen molar-refractivity contribution in [1.29, 1.82) is 0 Å². The molecule has 0 aliphatic carbocycles. The first-order valence-corrected chi connectivity index (χ1v) is 11.3. The van der Waals surface area contributed by atoms with E-state index in [-0.39, 0.29) is 29.5 Å². The summed E-state index contributed by atoms with van der Waals surface area (Å²) in [6.07, 6.45) is 0.993. The first-order valence-electron chi connectivity index (χ1n) is 9.71. The molecule has 0 spiro atoms. The highest BCUT2D eigenvalue weighted by Crippen LogP contribution is 2.10. The molecular formula is C19H31N5O5S. The third-order valence-corrected chi connectivity index (χ3v) is 5.36. The van der Waals surface area contributed by atoms with E-state index in [0.717, 1.165) is 18.6 Å². The van der Waals surface area contributed by atoms with Gasteiger partial charge in [-0.25, -0.2) is 18.5 Å². The Morgan fingerprint density at radius 2 is 2.07 bits per heavy atom. The maximum atomic E-state index is 11.9. The minimum atomic E-state index is -3.73. The van der Waals surface area contributed by atoms with E-state index >= 15 is 0 Å². The summed E-state index contributed by atoms with van der Waals surface area (Å²) in [4.78, 5) is 17.9. The van der Waals surface area contributed by atoms with Gasteiger partial charge in [0.15, 0.2) is 5.96 Å². The van der Waals surface area contributed by atoms with Gasteiger partial charge in [0.2, 0.25) is 15.9 Å². The zero-order valence-corrected chi connectivity index (χ0v) is 18.4. The highest BCUT2D eigenvalue weighted by molar-refractivity contribution is 7.89. The van der Waals surface area contributed by atoms with Crippen LogP contribution >= 0.6 is 0 Å². The number of primary sulfonamides is 1. The fraction of sp³-hybridized carbons (Fsp3) is 0.579. The fourth-order valence-electron chi connectivity index (χ4n) is 2.62. The second-order valence-corrected chi connectivity index (χ2v) is 8.92. The molecule has 1 fully saturated rings. The van der Waals surface area contributed by atoms with Crippen LogP contribution in [-0.4, -0.2) is 77.8 Å². The van der Waals surface area contributed by atoms with Crippen LogP contribution < -0.4 is 15.8 Å². The van der Waals surface area contributed by atoms with Gasteiger partial charge in [-0.15, -0.1) is 0 Å². The first-order chi connectivity index (χ1) is 14.1. The maximum Gasteiger partial charge on any atom is 0.241 e. The third-order valence-electron chi connectivity index (χ3n) is 4.43. The number of nitrogens with one attached hydrogen (secondary N) is 2. The molecule has 0 radical (unpaired) electrons. The van der Waals surface area contributed by atoms with Gasteiger partial charge in [-0.3, -0.25) is 4.79 Å². The molecule has 1 heterocycles. The van der Waals surface area contributed by atoms with Crippen molar-refractivity contribution in [1.82, 2.24) is 15.5 Å². The summed E-state index contributed by atoms with van der Waals surface area (Å²) in [6.45, 7) is 4.14. The van der Waals surface area contributed by atoms with E-state index in [0.29, 0.717) is 25.7 Å². The highest BCUT2D eigenvalue weighted by atomic mass is 32.2. The lowest BCUT2D eigenvalue weighted by molar-refractivity contribution is -0.127. The maximum absolute atomic E-state index is 11.9. The molecule has 2 atom stereocenters. The predicted octanol–water partition coefficient (Wildman–Crippen LogP) is -0.349. The summed E-state index contributed by atoms with van der Waals surface area (Å²) in [5.41, 5.74) is 0.800. The van der Waals surface area contributed by atoms with E-state index in [1.165, 1.54) is 17.0 Å². The van der Waals surface area contributed by atoms with Crippen molar-refractivity contribution >= 4 is 21.9 Å². The van der Waals surface area contributed by atoms with Crippen LogP contribution in [0, 0.1) is 0 Å². The van der Waals surface area contributed by atoms with E-state index in [9.17, 15) is 13.2 Å². The Labute approximate surface area is 177 Å². The summed E-state index contributed by atoms with van der Waals surface area (Å²) in [7, 11) is -0.368. The molecule has 168 valence electrons. The number of nitrogens with two attached hydrogens (primary N) is 1. The van der Waals surface area contributed by atoms with Crippen molar-refractivity contribution < 1.29 is 22.7 Å². The van der Waals surface area contributed by atoms with Gasteiger partial charge in [0.05, 0.1) is 37.3 Å². The van der Waals surface area contributed by atoms with Crippen LogP contribution in [0.15, 0.2) is 34.2 Å². The van der Waals surface area contributed by atoms with E-state index in [1.807, 2.05) is 6.92 Å². The van der Waals surface area contributed by atoms with Gasteiger partial charge in [-0.1, -0.05) is 12.1 Å². The molecule has 10 nitrogen and oxygen atoms in total. The molecule has 30 heavy (non-hydrogen) atoms. The van der Waals surface area contributed by atoms with Crippen molar-refractivity contribution in [2.24, 2.45) is 10.1 Å². The number of guanidine groups is 1. The Morgan fingerprint density at radius 1 is 1.37 bits per heavy atom. The molecule has 11 heteroatoms. The number of nitrogens with zero attached hydrogens (tertiary/aromatic N) is 2. The van der Waals surface area contributed by atoms with Gasteiger partial charge in [0.25, 0.3) is 0 Å². The number of aliphatic imine (C=N–C) groups is 1. The largest absolute Gasteiger partial charge is 0.379 e. The summed E-state index contributed by atoms with van der Waals surface area (Å²) in [6, 6.07) is 6.14. The molecule has 0 aromatic heterocycles. The average Bonchev–Trinajstić information content (AvgIpc) is 3.21. The van der Waals surface area contributed by atoms with Crippen LogP contribution in [0.2, 0.25) is 0 Å². The second-order valence-electron chi connectivity index (χ2n) is 7.36. The molecular weight excluding hydrogens is 410 g/mol. The van der Waals surface area contributed by atoms with E-state index in [4.69, 9.17) is 14.6 Å². The number of ether oxygens (including phenoxy) is 2. The van der Waals surface area contributed by atoms with Crippen molar-refractivity contribution in [3.05, 3.63) is 29.8 Å². The molecule has 1 amide bonds. The lowest BCUT2D eigenvalue weighted by Crippen LogP contribution is -2.47. The smallest absolute Gasteiger partial charge is 0.241 e. The van der Waals surface area contributed by atoms with Crippen LogP contribution in [0.25, 0.3) is 0 Å². The average molecular weight is 442 g/mol. The topological polar surface area (TPSA) is 135 Å². The van der Waals surface area contributed by atoms with E-state index in [2.05, 4.69) is 15.6 Å². The lowest BCUT2D eigenvalue weighted by atomic mass is 10.2. The predicted molar refractivity (Wildman–Crippen MR) is 113 cm³/mol. The Kier molecular flexibility index (Phi) is 9.03. The van der Waals surface area contributed by atoms with Crippen LogP contribution in [0.3, 0.4) is 0 Å². The molecule has 4 N–H and O–H groups in total. The summed E-state index contributed by atoms with van der Waals surface area (Å²) < 4.78 is 33.9. The van der Waals surface area contributed by atoms with E-state index in [1.54, 1.807) is 26.2 Å². The molecule has 1 saturated heterocycles. The van der Waals surface area contributed by atoms with Gasteiger partial charge in [0.1, 0.15) is 0 Å². The van der Waals surface area contributed by atoms with Gasteiger partial charge in [0, 0.05) is 26.7 Å². The van der Waals surface area contributed by atoms with Crippen LogP contribution in [0.5, 0.6) is 0 Å². The molecule has 2 rings (SSSR count). The molecule has 1 aromatic carbocycles. The van der Waals surface area contributed by atoms with Crippen molar-refractivity contribution in [3.63, 3.8) is 0 Å². The fourth-order valence-corrected chi connectivity index (χ4v) is 3.14. The second kappa shape index (κ2) is 11.3. The molecule has 2 unspecified atom stereocenters. The Morgan fingerprint density at radius 3 is 2.63 bits per heavy atom. The van der Waals surface area contributed by atoms with E-state index < -0.39 is 10.0 Å². The highest BCUT2D eigenvalue weighted by Gasteiger charge is 2.17. The Bertz CT molecular complexity index is 820. The van der Waals surface area contributed by atoms with Crippen molar-refractivity contribution in [3.8, 4) is 0 Å². The van der Waals surface area contributed by atoms with Gasteiger partial charge in [-0.05, 0) is 31.0 Å². The van der Waals surface area contributed by atoms with Crippen LogP contribution in [0.1, 0.15) is 18.9 Å². The Hall–Kier alpha value is -2.21. The minimum Gasteiger partial charge on any atom is -0.379 e. The zero-order chi connectivity index (χ0) is 22.1. The summed E-state index contributed by atoms with van der Waals surface area (Å²) in [5, 5.41) is 11.4. The SMILES string of the molecule is CC(COC1CCOC1)NC(=NCc1ccc(S(N)(=O)=O)cc1)NCC(=O)N(C)C. The summed E-state index contributed by atoms with van der Waals surface area (Å²) >= 11 is 0. The zero-order valence-electron chi connectivity index (χ0n) is 17.6. The molecule has 1 aliphatic heterocycles. The third kappa shape index (κ3) is 8.27. The van der Waals surface area contributed by atoms with Gasteiger partial charge < -0.3 is 25.0 Å². The normalized spacial score (nSPS) is 18.1. The number of hydrogen-bond acceptors (Lipinski definition) is 6. The van der Waals surface area contributed by atoms with Crippen molar-refractivity contribution in [2.75, 3.05) is 40.5 Å². The number of rotatable bonds is 9. The Balaban J connectivity index is 1.98. The summed E-state index contributed by atoms with van der Waals surface area (Å²) in [5.74, 6) is 0.369. The molecule has 0 bridgehead atoms. The lowest BCUT2D eigenvalue weighted by Gasteiger charge is -2.20. The van der Waals surface area contributed by atoms with Crippen LogP contribution in [0.4, 0.5) is 0 Å². The minimum absolute atomic E-state index is 0.0453. The monoisotopic (exact) mass is 441 g/mol. The number of hydrogen-bond donors (Lipinski definition) is 3. The molecule has 1 aliphatic rings. The van der Waals surface area contributed by atoms with Crippen LogP contribution in [-0.2, 0) is 30.8 Å². The number of carbonyl (C=O) groups is 1. The van der Waals surface area contributed by atoms with Gasteiger partial charge >= 0.3 is 0 Å². The molecule has 0 saturated carbocycles. The standard InChI is InChI=1S/C19H31N5O5S/c1-14(12-29-16-8-9-28-13-16)23-19(22-11-18(25)24(2)3)21-10-15-4-6-17(7-5-15)30(20,26)27/h4-7,14,16H,8-13H2,1-3H3,(H2,20,26,27)(H2,21,22,23).